The van der Waals surface area contributed by atoms with Gasteiger partial charge in [-0.2, -0.15) is 0 Å². The Morgan fingerprint density at radius 1 is 0.812 bits per heavy atom. The Morgan fingerprint density at radius 3 is 1.88 bits per heavy atom. The van der Waals surface area contributed by atoms with Crippen molar-refractivity contribution in [3.05, 3.63) is 11.8 Å². The van der Waals surface area contributed by atoms with Crippen molar-refractivity contribution in [2.45, 2.75) is 78.1 Å². The highest BCUT2D eigenvalue weighted by molar-refractivity contribution is 4.97. The van der Waals surface area contributed by atoms with Crippen molar-refractivity contribution in [1.82, 2.24) is 0 Å². The molecule has 0 aromatic heterocycles. The van der Waals surface area contributed by atoms with E-state index >= 15 is 0 Å². The summed E-state index contributed by atoms with van der Waals surface area (Å²) in [5, 5.41) is 0. The highest BCUT2D eigenvalue weighted by Gasteiger charge is 1.98. The Morgan fingerprint density at radius 2 is 1.31 bits per heavy atom. The molecule has 0 saturated carbocycles. The molecule has 96 valence electrons. The highest BCUT2D eigenvalue weighted by atomic mass is 16.5. The average molecular weight is 226 g/mol. The zero-order valence-corrected chi connectivity index (χ0v) is 11.6. The fourth-order valence-electron chi connectivity index (χ4n) is 1.97. The third-order valence-corrected chi connectivity index (χ3v) is 2.99. The number of unbranched alkanes of at least 4 members (excludes halogenated alkanes) is 6. The van der Waals surface area contributed by atoms with Crippen molar-refractivity contribution in [2.75, 3.05) is 7.11 Å². The minimum absolute atomic E-state index is 1.23. The number of hydrogen-bond acceptors (Lipinski definition) is 1. The van der Waals surface area contributed by atoms with Crippen molar-refractivity contribution in [1.29, 1.82) is 0 Å². The van der Waals surface area contributed by atoms with E-state index in [1.807, 2.05) is 6.26 Å². The monoisotopic (exact) mass is 226 g/mol. The van der Waals surface area contributed by atoms with Crippen LogP contribution in [0.3, 0.4) is 0 Å². The van der Waals surface area contributed by atoms with Crippen molar-refractivity contribution in [3.8, 4) is 0 Å². The smallest absolute Gasteiger partial charge is 0.0816 e. The molecule has 0 N–H and O–H groups in total. The molecular weight excluding hydrogens is 196 g/mol. The summed E-state index contributed by atoms with van der Waals surface area (Å²) in [6.07, 6.45) is 15.2. The summed E-state index contributed by atoms with van der Waals surface area (Å²) in [4.78, 5) is 0. The third-order valence-electron chi connectivity index (χ3n) is 2.99. The molecule has 0 heterocycles. The van der Waals surface area contributed by atoms with Crippen LogP contribution in [0.25, 0.3) is 0 Å². The normalized spacial score (nSPS) is 11.8. The molecule has 0 saturated heterocycles. The van der Waals surface area contributed by atoms with E-state index in [1.54, 1.807) is 7.11 Å². The minimum atomic E-state index is 1.23. The van der Waals surface area contributed by atoms with E-state index in [1.165, 1.54) is 69.8 Å². The molecule has 0 aliphatic heterocycles. The minimum Gasteiger partial charge on any atom is -0.504 e. The number of rotatable bonds is 11. The van der Waals surface area contributed by atoms with Crippen LogP contribution < -0.4 is 0 Å². The van der Waals surface area contributed by atoms with Crippen LogP contribution in [0.4, 0.5) is 0 Å². The lowest BCUT2D eigenvalue weighted by Gasteiger charge is -2.07. The van der Waals surface area contributed by atoms with E-state index in [4.69, 9.17) is 4.74 Å². The van der Waals surface area contributed by atoms with Gasteiger partial charge in [-0.05, 0) is 31.3 Å². The maximum Gasteiger partial charge on any atom is 0.0816 e. The second-order valence-corrected chi connectivity index (χ2v) is 4.63. The van der Waals surface area contributed by atoms with E-state index in [2.05, 4.69) is 13.8 Å². The quantitative estimate of drug-likeness (QED) is 0.336. The molecule has 1 nitrogen and oxygen atoms in total. The molecule has 0 rings (SSSR count). The first-order valence-corrected chi connectivity index (χ1v) is 7.05. The largest absolute Gasteiger partial charge is 0.504 e. The van der Waals surface area contributed by atoms with Gasteiger partial charge in [0.1, 0.15) is 0 Å². The summed E-state index contributed by atoms with van der Waals surface area (Å²) in [7, 11) is 1.76. The lowest BCUT2D eigenvalue weighted by atomic mass is 10.0. The fraction of sp³-hybridized carbons (Fsp3) is 0.867. The van der Waals surface area contributed by atoms with Crippen LogP contribution >= 0.6 is 0 Å². The first-order valence-electron chi connectivity index (χ1n) is 7.05. The first-order chi connectivity index (χ1) is 7.85. The predicted octanol–water partition coefficient (Wildman–Crippen LogP) is 5.46. The Labute approximate surface area is 102 Å². The summed E-state index contributed by atoms with van der Waals surface area (Å²) in [5.41, 5.74) is 1.51. The SMILES string of the molecule is CCCCCCCC(=COC)CCCCC. The Hall–Kier alpha value is -0.460. The molecule has 16 heavy (non-hydrogen) atoms. The Bertz CT molecular complexity index is 161. The molecule has 0 bridgehead atoms. The van der Waals surface area contributed by atoms with Crippen LogP contribution in [0.5, 0.6) is 0 Å². The van der Waals surface area contributed by atoms with Crippen LogP contribution in [0.1, 0.15) is 78.1 Å². The topological polar surface area (TPSA) is 9.23 Å². The zero-order chi connectivity index (χ0) is 12.1. The molecule has 0 atom stereocenters. The lowest BCUT2D eigenvalue weighted by Crippen LogP contribution is -1.88. The Kier molecular flexibility index (Phi) is 12.2. The third kappa shape index (κ3) is 10.1. The molecule has 0 fully saturated rings. The molecule has 0 spiro atoms. The maximum absolute atomic E-state index is 5.15. The van der Waals surface area contributed by atoms with Gasteiger partial charge in [0.15, 0.2) is 0 Å². The number of methoxy groups -OCH3 is 1. The van der Waals surface area contributed by atoms with Crippen molar-refractivity contribution < 1.29 is 4.74 Å². The predicted molar refractivity (Wildman–Crippen MR) is 72.6 cm³/mol. The van der Waals surface area contributed by atoms with E-state index in [0.29, 0.717) is 0 Å². The number of ether oxygens (including phenoxy) is 1. The zero-order valence-electron chi connectivity index (χ0n) is 11.6. The molecule has 0 unspecified atom stereocenters. The van der Waals surface area contributed by atoms with Gasteiger partial charge in [0.2, 0.25) is 0 Å². The van der Waals surface area contributed by atoms with Crippen molar-refractivity contribution >= 4 is 0 Å². The van der Waals surface area contributed by atoms with Crippen molar-refractivity contribution in [3.63, 3.8) is 0 Å². The lowest BCUT2D eigenvalue weighted by molar-refractivity contribution is 0.330. The van der Waals surface area contributed by atoms with Gasteiger partial charge in [-0.25, -0.2) is 0 Å². The number of hydrogen-bond donors (Lipinski definition) is 0. The average Bonchev–Trinajstić information content (AvgIpc) is 2.29. The van der Waals surface area contributed by atoms with Gasteiger partial charge in [-0.15, -0.1) is 0 Å². The molecule has 0 radical (unpaired) electrons. The van der Waals surface area contributed by atoms with Crippen LogP contribution in [0, 0.1) is 0 Å². The van der Waals surface area contributed by atoms with Gasteiger partial charge >= 0.3 is 0 Å². The van der Waals surface area contributed by atoms with Gasteiger partial charge in [0.05, 0.1) is 13.4 Å². The van der Waals surface area contributed by atoms with Gasteiger partial charge in [-0.1, -0.05) is 52.4 Å². The molecule has 0 aliphatic rings. The van der Waals surface area contributed by atoms with Gasteiger partial charge in [-0.3, -0.25) is 0 Å². The maximum atomic E-state index is 5.15. The van der Waals surface area contributed by atoms with Gasteiger partial charge in [0, 0.05) is 0 Å². The van der Waals surface area contributed by atoms with Crippen molar-refractivity contribution in [2.24, 2.45) is 0 Å². The van der Waals surface area contributed by atoms with Gasteiger partial charge in [0.25, 0.3) is 0 Å². The molecular formula is C15H30O. The van der Waals surface area contributed by atoms with Gasteiger partial charge < -0.3 is 4.74 Å². The molecule has 0 aromatic carbocycles. The number of allylic oxidation sites excluding steroid dienone is 1. The molecule has 0 aromatic rings. The van der Waals surface area contributed by atoms with Crippen LogP contribution in [0.2, 0.25) is 0 Å². The fourth-order valence-corrected chi connectivity index (χ4v) is 1.97. The second kappa shape index (κ2) is 12.6. The molecule has 0 amide bonds. The summed E-state index contributed by atoms with van der Waals surface area (Å²) < 4.78 is 5.15. The van der Waals surface area contributed by atoms with Crippen LogP contribution in [-0.2, 0) is 4.74 Å². The summed E-state index contributed by atoms with van der Waals surface area (Å²) >= 11 is 0. The second-order valence-electron chi connectivity index (χ2n) is 4.63. The molecule has 1 heteroatoms. The Balaban J connectivity index is 3.56. The molecule has 0 aliphatic carbocycles. The van der Waals surface area contributed by atoms with Crippen LogP contribution in [0.15, 0.2) is 11.8 Å². The van der Waals surface area contributed by atoms with E-state index in [-0.39, 0.29) is 0 Å². The summed E-state index contributed by atoms with van der Waals surface area (Å²) in [6, 6.07) is 0. The first kappa shape index (κ1) is 15.5. The van der Waals surface area contributed by atoms with E-state index in [9.17, 15) is 0 Å². The summed E-state index contributed by atoms with van der Waals surface area (Å²) in [5.74, 6) is 0. The highest BCUT2D eigenvalue weighted by Crippen LogP contribution is 2.17. The standard InChI is InChI=1S/C15H30O/c1-4-6-8-9-11-13-15(14-16-3)12-10-7-5-2/h14H,4-13H2,1-3H3. The summed E-state index contributed by atoms with van der Waals surface area (Å²) in [6.45, 7) is 4.52. The van der Waals surface area contributed by atoms with Crippen LogP contribution in [-0.4, -0.2) is 7.11 Å². The van der Waals surface area contributed by atoms with E-state index in [0.717, 1.165) is 0 Å². The van der Waals surface area contributed by atoms with E-state index < -0.39 is 0 Å².